The maximum atomic E-state index is 5.80. The van der Waals surface area contributed by atoms with Crippen LogP contribution < -0.4 is 14.2 Å². The van der Waals surface area contributed by atoms with Gasteiger partial charge in [-0.3, -0.25) is 4.68 Å². The molecule has 168 valence electrons. The number of aryl methyl sites for hydroxylation is 3. The van der Waals surface area contributed by atoms with E-state index in [9.17, 15) is 0 Å². The highest BCUT2D eigenvalue weighted by atomic mass is 16.5. The Labute approximate surface area is 193 Å². The summed E-state index contributed by atoms with van der Waals surface area (Å²) in [5, 5.41) is 4.58. The fraction of sp³-hybridized carbons (Fsp3) is 0.269. The predicted molar refractivity (Wildman–Crippen MR) is 125 cm³/mol. The maximum Gasteiger partial charge on any atom is 0.219 e. The van der Waals surface area contributed by atoms with Gasteiger partial charge in [0.05, 0.1) is 13.2 Å². The molecular weight excluding hydrogens is 416 g/mol. The summed E-state index contributed by atoms with van der Waals surface area (Å²) in [5.74, 6) is 4.59. The van der Waals surface area contributed by atoms with Crippen molar-refractivity contribution in [3.05, 3.63) is 78.2 Å². The van der Waals surface area contributed by atoms with Gasteiger partial charge < -0.3 is 14.2 Å². The van der Waals surface area contributed by atoms with Crippen LogP contribution in [0.25, 0.3) is 11.4 Å². The lowest BCUT2D eigenvalue weighted by molar-refractivity contribution is 0.297. The molecule has 0 bridgehead atoms. The SMILES string of the molecule is Cn1nc(-c2ccc(Oc3ccccc3)nc2)nc1CCCc1ccc2c(c1)OCCCO2. The first-order chi connectivity index (χ1) is 16.2. The third-order valence-electron chi connectivity index (χ3n) is 5.49. The Kier molecular flexibility index (Phi) is 6.19. The van der Waals surface area contributed by atoms with Gasteiger partial charge in [-0.15, -0.1) is 0 Å². The fourth-order valence-electron chi connectivity index (χ4n) is 3.75. The molecule has 0 amide bonds. The van der Waals surface area contributed by atoms with Gasteiger partial charge in [0, 0.05) is 37.7 Å². The van der Waals surface area contributed by atoms with E-state index in [-0.39, 0.29) is 0 Å². The Morgan fingerprint density at radius 3 is 2.61 bits per heavy atom. The Balaban J connectivity index is 1.20. The van der Waals surface area contributed by atoms with Crippen molar-refractivity contribution in [2.24, 2.45) is 7.05 Å². The summed E-state index contributed by atoms with van der Waals surface area (Å²) in [6, 6.07) is 19.6. The van der Waals surface area contributed by atoms with E-state index in [1.165, 1.54) is 5.56 Å². The van der Waals surface area contributed by atoms with Crippen LogP contribution in [0.2, 0.25) is 0 Å². The molecule has 0 unspecified atom stereocenters. The number of hydrogen-bond donors (Lipinski definition) is 0. The summed E-state index contributed by atoms with van der Waals surface area (Å²) in [6.07, 6.45) is 5.39. The van der Waals surface area contributed by atoms with E-state index >= 15 is 0 Å². The monoisotopic (exact) mass is 442 g/mol. The molecule has 0 fully saturated rings. The minimum Gasteiger partial charge on any atom is -0.490 e. The molecule has 0 aliphatic carbocycles. The highest BCUT2D eigenvalue weighted by molar-refractivity contribution is 5.53. The van der Waals surface area contributed by atoms with E-state index in [0.29, 0.717) is 24.9 Å². The van der Waals surface area contributed by atoms with E-state index in [1.807, 2.05) is 60.3 Å². The molecule has 1 aliphatic heterocycles. The second-order valence-corrected chi connectivity index (χ2v) is 7.96. The van der Waals surface area contributed by atoms with E-state index in [1.54, 1.807) is 6.20 Å². The predicted octanol–water partition coefficient (Wildman–Crippen LogP) is 5.01. The van der Waals surface area contributed by atoms with Crippen LogP contribution in [-0.4, -0.2) is 33.0 Å². The molecule has 2 aromatic carbocycles. The smallest absolute Gasteiger partial charge is 0.219 e. The summed E-state index contributed by atoms with van der Waals surface area (Å²) < 4.78 is 19.1. The molecule has 5 rings (SSSR count). The average Bonchev–Trinajstić information content (AvgIpc) is 3.05. The van der Waals surface area contributed by atoms with Crippen molar-refractivity contribution in [3.63, 3.8) is 0 Å². The number of pyridine rings is 1. The molecular formula is C26H26N4O3. The summed E-state index contributed by atoms with van der Waals surface area (Å²) in [4.78, 5) is 9.13. The lowest BCUT2D eigenvalue weighted by Gasteiger charge is -2.09. The topological polar surface area (TPSA) is 71.3 Å². The van der Waals surface area contributed by atoms with Gasteiger partial charge in [-0.25, -0.2) is 9.97 Å². The van der Waals surface area contributed by atoms with Crippen LogP contribution in [0.1, 0.15) is 24.2 Å². The average molecular weight is 443 g/mol. The molecule has 0 atom stereocenters. The fourth-order valence-corrected chi connectivity index (χ4v) is 3.75. The van der Waals surface area contributed by atoms with Crippen molar-refractivity contribution in [1.82, 2.24) is 19.7 Å². The quantitative estimate of drug-likeness (QED) is 0.401. The Morgan fingerprint density at radius 2 is 1.79 bits per heavy atom. The number of hydrogen-bond acceptors (Lipinski definition) is 6. The van der Waals surface area contributed by atoms with Gasteiger partial charge in [-0.05, 0) is 48.7 Å². The zero-order valence-corrected chi connectivity index (χ0v) is 18.6. The zero-order chi connectivity index (χ0) is 22.5. The number of benzene rings is 2. The Morgan fingerprint density at radius 1 is 0.939 bits per heavy atom. The molecule has 7 heteroatoms. The normalized spacial score (nSPS) is 12.9. The maximum absolute atomic E-state index is 5.80. The summed E-state index contributed by atoms with van der Waals surface area (Å²) in [7, 11) is 1.93. The minimum absolute atomic E-state index is 0.538. The van der Waals surface area contributed by atoms with Crippen LogP contribution in [0.5, 0.6) is 23.1 Å². The van der Waals surface area contributed by atoms with Crippen molar-refractivity contribution in [2.75, 3.05) is 13.2 Å². The number of rotatable bonds is 7. The molecule has 4 aromatic rings. The van der Waals surface area contributed by atoms with E-state index in [0.717, 1.165) is 54.3 Å². The van der Waals surface area contributed by atoms with Crippen LogP contribution in [0, 0.1) is 0 Å². The third-order valence-corrected chi connectivity index (χ3v) is 5.49. The van der Waals surface area contributed by atoms with E-state index < -0.39 is 0 Å². The number of aromatic nitrogens is 4. The first-order valence-electron chi connectivity index (χ1n) is 11.2. The molecule has 0 radical (unpaired) electrons. The first-order valence-corrected chi connectivity index (χ1v) is 11.2. The molecule has 0 N–H and O–H groups in total. The van der Waals surface area contributed by atoms with Gasteiger partial charge in [-0.1, -0.05) is 24.3 Å². The minimum atomic E-state index is 0.538. The van der Waals surface area contributed by atoms with Crippen molar-refractivity contribution in [1.29, 1.82) is 0 Å². The summed E-state index contributed by atoms with van der Waals surface area (Å²) >= 11 is 0. The lowest BCUT2D eigenvalue weighted by Crippen LogP contribution is -2.01. The third kappa shape index (κ3) is 5.14. The number of fused-ring (bicyclic) bond motifs is 1. The zero-order valence-electron chi connectivity index (χ0n) is 18.6. The van der Waals surface area contributed by atoms with Gasteiger partial charge in [0.2, 0.25) is 5.88 Å². The molecule has 0 saturated carbocycles. The second kappa shape index (κ2) is 9.73. The number of para-hydroxylation sites is 1. The Hall–Kier alpha value is -3.87. The van der Waals surface area contributed by atoms with Crippen molar-refractivity contribution in [2.45, 2.75) is 25.7 Å². The van der Waals surface area contributed by atoms with Crippen molar-refractivity contribution in [3.8, 4) is 34.5 Å². The van der Waals surface area contributed by atoms with Crippen LogP contribution in [0.15, 0.2) is 66.9 Å². The van der Waals surface area contributed by atoms with Crippen LogP contribution >= 0.6 is 0 Å². The highest BCUT2D eigenvalue weighted by Gasteiger charge is 2.13. The Bertz CT molecular complexity index is 1210. The standard InChI is InChI=1S/C26H26N4O3/c1-30-24(10-5-7-19-11-13-22-23(17-19)32-16-6-15-31-22)28-26(29-30)20-12-14-25(27-18-20)33-21-8-3-2-4-9-21/h2-4,8-9,11-14,17-18H,5-7,10,15-16H2,1H3. The van der Waals surface area contributed by atoms with Gasteiger partial charge in [-0.2, -0.15) is 5.10 Å². The summed E-state index contributed by atoms with van der Waals surface area (Å²) in [6.45, 7) is 1.41. The van der Waals surface area contributed by atoms with E-state index in [4.69, 9.17) is 19.2 Å². The number of ether oxygens (including phenoxy) is 3. The largest absolute Gasteiger partial charge is 0.490 e. The van der Waals surface area contributed by atoms with Crippen molar-refractivity contribution < 1.29 is 14.2 Å². The molecule has 33 heavy (non-hydrogen) atoms. The van der Waals surface area contributed by atoms with Crippen molar-refractivity contribution >= 4 is 0 Å². The molecule has 0 spiro atoms. The first kappa shape index (κ1) is 21.0. The molecule has 7 nitrogen and oxygen atoms in total. The molecule has 1 aliphatic rings. The molecule has 0 saturated heterocycles. The van der Waals surface area contributed by atoms with Gasteiger partial charge in [0.1, 0.15) is 11.6 Å². The number of nitrogens with zero attached hydrogens (tertiary/aromatic N) is 4. The second-order valence-electron chi connectivity index (χ2n) is 7.96. The van der Waals surface area contributed by atoms with E-state index in [2.05, 4.69) is 22.2 Å². The highest BCUT2D eigenvalue weighted by Crippen LogP contribution is 2.31. The molecule has 3 heterocycles. The van der Waals surface area contributed by atoms with Crippen LogP contribution in [0.3, 0.4) is 0 Å². The van der Waals surface area contributed by atoms with Gasteiger partial charge >= 0.3 is 0 Å². The van der Waals surface area contributed by atoms with Crippen LogP contribution in [0.4, 0.5) is 0 Å². The van der Waals surface area contributed by atoms with Gasteiger partial charge in [0.15, 0.2) is 17.3 Å². The lowest BCUT2D eigenvalue weighted by atomic mass is 10.1. The summed E-state index contributed by atoms with van der Waals surface area (Å²) in [5.41, 5.74) is 2.10. The van der Waals surface area contributed by atoms with Gasteiger partial charge in [0.25, 0.3) is 0 Å². The van der Waals surface area contributed by atoms with Crippen LogP contribution in [-0.2, 0) is 19.9 Å². The molecule has 2 aromatic heterocycles.